The van der Waals surface area contributed by atoms with Crippen LogP contribution in [0.3, 0.4) is 0 Å². The van der Waals surface area contributed by atoms with Crippen molar-refractivity contribution in [1.29, 1.82) is 0 Å². The number of rotatable bonds is 8. The van der Waals surface area contributed by atoms with Gasteiger partial charge in [0.25, 0.3) is 0 Å². The molecule has 3 aromatic carbocycles. The molecule has 0 N–H and O–H groups in total. The summed E-state index contributed by atoms with van der Waals surface area (Å²) in [5.41, 5.74) is 7.32. The monoisotopic (exact) mass is 587 g/mol. The first-order chi connectivity index (χ1) is 20.5. The molecule has 226 valence electrons. The molecule has 0 amide bonds. The molecule has 0 unspecified atom stereocenters. The molecule has 0 bridgehead atoms. The first kappa shape index (κ1) is 30.6. The maximum Gasteiger partial charge on any atom is 0.636 e. The van der Waals surface area contributed by atoms with E-state index in [0.717, 1.165) is 33.6 Å². The summed E-state index contributed by atoms with van der Waals surface area (Å²) in [4.78, 5) is 25.7. The summed E-state index contributed by atoms with van der Waals surface area (Å²) in [6, 6.07) is 17.4. The van der Waals surface area contributed by atoms with Gasteiger partial charge in [0, 0.05) is 5.46 Å². The van der Waals surface area contributed by atoms with Crippen molar-refractivity contribution in [2.75, 3.05) is 33.4 Å². The lowest BCUT2D eigenvalue weighted by Crippen LogP contribution is -2.47. The van der Waals surface area contributed by atoms with Gasteiger partial charge in [-0.05, 0) is 99.3 Å². The maximum atomic E-state index is 12.1. The number of likely N-dealkylation sites (N-methyl/N-ethyl adjacent to an activating group) is 1. The van der Waals surface area contributed by atoms with Crippen LogP contribution in [0.25, 0.3) is 11.1 Å². The quantitative estimate of drug-likeness (QED) is 0.361. The number of hydrogen-bond donors (Lipinski definition) is 0. The average molecular weight is 587 g/mol. The highest BCUT2D eigenvalue weighted by atomic mass is 16.7. The molecule has 3 aromatic rings. The van der Waals surface area contributed by atoms with E-state index in [0.29, 0.717) is 31.0 Å². The van der Waals surface area contributed by atoms with Crippen LogP contribution < -0.4 is 14.9 Å². The molecule has 2 heterocycles. The van der Waals surface area contributed by atoms with E-state index in [2.05, 4.69) is 45.0 Å². The molecule has 43 heavy (non-hydrogen) atoms. The highest BCUT2D eigenvalue weighted by Crippen LogP contribution is 2.35. The van der Waals surface area contributed by atoms with Crippen molar-refractivity contribution in [3.8, 4) is 22.6 Å². The van der Waals surface area contributed by atoms with Gasteiger partial charge in [-0.1, -0.05) is 30.3 Å². The van der Waals surface area contributed by atoms with E-state index in [9.17, 15) is 9.59 Å². The molecule has 0 aliphatic carbocycles. The van der Waals surface area contributed by atoms with Gasteiger partial charge in [0.2, 0.25) is 0 Å². The Kier molecular flexibility index (Phi) is 9.10. The average Bonchev–Trinajstić information content (AvgIpc) is 3.29. The molecule has 0 radical (unpaired) electrons. The van der Waals surface area contributed by atoms with E-state index < -0.39 is 24.8 Å². The minimum Gasteiger partial charge on any atom is -0.494 e. The predicted molar refractivity (Wildman–Crippen MR) is 162 cm³/mol. The van der Waals surface area contributed by atoms with E-state index in [1.54, 1.807) is 36.2 Å². The Labute approximate surface area is 253 Å². The summed E-state index contributed by atoms with van der Waals surface area (Å²) < 4.78 is 34.4. The molecule has 2 fully saturated rings. The van der Waals surface area contributed by atoms with Crippen LogP contribution in [-0.2, 0) is 35.0 Å². The van der Waals surface area contributed by atoms with Gasteiger partial charge in [-0.3, -0.25) is 14.5 Å². The van der Waals surface area contributed by atoms with Gasteiger partial charge in [-0.15, -0.1) is 0 Å². The second-order valence-corrected chi connectivity index (χ2v) is 11.6. The third kappa shape index (κ3) is 7.57. The Morgan fingerprint density at radius 1 is 0.907 bits per heavy atom. The highest BCUT2D eigenvalue weighted by Gasteiger charge is 2.34. The zero-order valence-electron chi connectivity index (χ0n) is 25.6. The Morgan fingerprint density at radius 2 is 1.56 bits per heavy atom. The van der Waals surface area contributed by atoms with Crippen molar-refractivity contribution < 1.29 is 37.8 Å². The van der Waals surface area contributed by atoms with Gasteiger partial charge in [0.05, 0.1) is 19.7 Å². The second kappa shape index (κ2) is 12.8. The Morgan fingerprint density at radius 3 is 2.16 bits per heavy atom. The fourth-order valence-corrected chi connectivity index (χ4v) is 5.43. The Balaban J connectivity index is 1.24. The number of benzene rings is 3. The molecular formula is C33H38BNO8. The zero-order valence-corrected chi connectivity index (χ0v) is 25.6. The molecule has 1 atom stereocenters. The molecule has 2 saturated heterocycles. The summed E-state index contributed by atoms with van der Waals surface area (Å²) in [6.45, 7) is 11.5. The van der Waals surface area contributed by atoms with Gasteiger partial charge in [0.15, 0.2) is 5.79 Å². The van der Waals surface area contributed by atoms with Crippen molar-refractivity contribution in [2.45, 2.75) is 53.1 Å². The van der Waals surface area contributed by atoms with E-state index in [1.165, 1.54) is 5.56 Å². The van der Waals surface area contributed by atoms with Crippen LogP contribution in [0.2, 0.25) is 0 Å². The number of hydrogen-bond acceptors (Lipinski definition) is 9. The van der Waals surface area contributed by atoms with Crippen molar-refractivity contribution in [2.24, 2.45) is 0 Å². The third-order valence-corrected chi connectivity index (χ3v) is 7.55. The number of carbonyl (C=O) groups is 2. The summed E-state index contributed by atoms with van der Waals surface area (Å²) in [5, 5.41) is 0. The largest absolute Gasteiger partial charge is 0.636 e. The summed E-state index contributed by atoms with van der Waals surface area (Å²) >= 11 is 0. The van der Waals surface area contributed by atoms with Crippen molar-refractivity contribution in [3.05, 3.63) is 76.9 Å². The topological polar surface area (TPSA) is 92.8 Å². The molecule has 2 aliphatic rings. The molecule has 0 saturated carbocycles. The number of ether oxygens (including phenoxy) is 4. The van der Waals surface area contributed by atoms with Crippen molar-refractivity contribution in [1.82, 2.24) is 4.90 Å². The Hall–Kier alpha value is -3.86. The molecule has 0 aromatic heterocycles. The lowest BCUT2D eigenvalue weighted by molar-refractivity contribution is -0.145. The lowest BCUT2D eigenvalue weighted by Gasteiger charge is -2.22. The molecule has 5 rings (SSSR count). The van der Waals surface area contributed by atoms with Crippen LogP contribution in [-0.4, -0.2) is 69.2 Å². The third-order valence-electron chi connectivity index (χ3n) is 7.55. The molecule has 0 spiro atoms. The smallest absolute Gasteiger partial charge is 0.494 e. The van der Waals surface area contributed by atoms with Crippen LogP contribution in [0.1, 0.15) is 36.1 Å². The van der Waals surface area contributed by atoms with Crippen LogP contribution in [0, 0.1) is 20.8 Å². The fourth-order valence-electron chi connectivity index (χ4n) is 5.43. The van der Waals surface area contributed by atoms with Gasteiger partial charge >= 0.3 is 19.1 Å². The molecular weight excluding hydrogens is 549 g/mol. The van der Waals surface area contributed by atoms with Crippen LogP contribution in [0.15, 0.2) is 54.6 Å². The van der Waals surface area contributed by atoms with Gasteiger partial charge in [-0.25, -0.2) is 0 Å². The highest BCUT2D eigenvalue weighted by molar-refractivity contribution is 6.64. The van der Waals surface area contributed by atoms with E-state index in [-0.39, 0.29) is 19.2 Å². The maximum absolute atomic E-state index is 12.1. The fraction of sp³-hybridized carbons (Fsp3) is 0.394. The standard InChI is InChI=1S/C33H38BNO8/c1-21-14-27(39-19-28-20-40-33(4,5)41-28)15-22(2)32(21)29-9-7-8-24(23(29)3)18-38-26-12-10-25(11-13-26)34-42-30(36)16-35(6)17-31(37)43-34/h7-15,28H,16-20H2,1-6H3/t28-/m0/s1. The van der Waals surface area contributed by atoms with E-state index >= 15 is 0 Å². The SMILES string of the molecule is Cc1cc(OC[C@H]2COC(C)(C)O2)cc(C)c1-c1cccc(COc2ccc(B3OC(=O)CN(C)CC(=O)O3)cc2)c1C. The molecule has 10 heteroatoms. The first-order valence-corrected chi connectivity index (χ1v) is 14.4. The van der Waals surface area contributed by atoms with Crippen LogP contribution >= 0.6 is 0 Å². The van der Waals surface area contributed by atoms with E-state index in [4.69, 9.17) is 28.3 Å². The van der Waals surface area contributed by atoms with Gasteiger partial charge < -0.3 is 28.3 Å². The lowest BCUT2D eigenvalue weighted by atomic mass is 9.78. The van der Waals surface area contributed by atoms with Gasteiger partial charge in [0.1, 0.15) is 30.8 Å². The minimum atomic E-state index is -1.08. The van der Waals surface area contributed by atoms with Gasteiger partial charge in [-0.2, -0.15) is 0 Å². The Bertz CT molecular complexity index is 1450. The van der Waals surface area contributed by atoms with E-state index in [1.807, 2.05) is 19.9 Å². The first-order valence-electron chi connectivity index (χ1n) is 14.4. The second-order valence-electron chi connectivity index (χ2n) is 11.6. The molecule has 2 aliphatic heterocycles. The number of nitrogens with zero attached hydrogens (tertiary/aromatic N) is 1. The van der Waals surface area contributed by atoms with Crippen LogP contribution in [0.4, 0.5) is 0 Å². The number of aryl methyl sites for hydroxylation is 2. The minimum absolute atomic E-state index is 0.0203. The normalized spacial score (nSPS) is 18.9. The van der Waals surface area contributed by atoms with Crippen molar-refractivity contribution >= 4 is 24.5 Å². The summed E-state index contributed by atoms with van der Waals surface area (Å²) in [7, 11) is 0.576. The van der Waals surface area contributed by atoms with Crippen molar-refractivity contribution in [3.63, 3.8) is 0 Å². The van der Waals surface area contributed by atoms with Crippen LogP contribution in [0.5, 0.6) is 11.5 Å². The summed E-state index contributed by atoms with van der Waals surface area (Å²) in [5.74, 6) is -0.0322. The predicted octanol–water partition coefficient (Wildman–Crippen LogP) is 4.12. The molecule has 9 nitrogen and oxygen atoms in total. The number of carbonyl (C=O) groups excluding carboxylic acids is 2. The zero-order chi connectivity index (χ0) is 30.7. The summed E-state index contributed by atoms with van der Waals surface area (Å²) in [6.07, 6.45) is -0.0934.